The smallest absolute Gasteiger partial charge is 0.258 e. The summed E-state index contributed by atoms with van der Waals surface area (Å²) < 4.78 is 1.68. The molecule has 19 heavy (non-hydrogen) atoms. The number of hydrogen-bond donors (Lipinski definition) is 0. The van der Waals surface area contributed by atoms with Crippen molar-refractivity contribution in [2.75, 3.05) is 0 Å². The highest BCUT2D eigenvalue weighted by molar-refractivity contribution is 9.09. The van der Waals surface area contributed by atoms with E-state index in [0.717, 1.165) is 11.3 Å². The SMILES string of the molecule is Cc1c(Cn2cc(C(C)Br)nn2)cccc1[N+](=O)[O-]. The van der Waals surface area contributed by atoms with Crippen LogP contribution in [0.5, 0.6) is 0 Å². The third-order valence-corrected chi connectivity index (χ3v) is 3.38. The van der Waals surface area contributed by atoms with Gasteiger partial charge in [0, 0.05) is 17.8 Å². The maximum Gasteiger partial charge on any atom is 0.272 e. The predicted octanol–water partition coefficient (Wildman–Crippen LogP) is 3.00. The van der Waals surface area contributed by atoms with Gasteiger partial charge in [-0.1, -0.05) is 33.3 Å². The Morgan fingerprint density at radius 1 is 1.53 bits per heavy atom. The quantitative estimate of drug-likeness (QED) is 0.492. The van der Waals surface area contributed by atoms with Crippen LogP contribution in [0.4, 0.5) is 5.69 Å². The van der Waals surface area contributed by atoms with E-state index in [0.29, 0.717) is 12.1 Å². The number of hydrogen-bond acceptors (Lipinski definition) is 4. The molecule has 6 nitrogen and oxygen atoms in total. The average Bonchev–Trinajstić information content (AvgIpc) is 2.80. The van der Waals surface area contributed by atoms with E-state index in [-0.39, 0.29) is 15.4 Å². The molecular formula is C12H13BrN4O2. The summed E-state index contributed by atoms with van der Waals surface area (Å²) in [5.41, 5.74) is 2.50. The van der Waals surface area contributed by atoms with Gasteiger partial charge in [0.25, 0.3) is 5.69 Å². The molecule has 2 rings (SSSR count). The minimum absolute atomic E-state index is 0.131. The molecule has 0 bridgehead atoms. The first-order valence-corrected chi connectivity index (χ1v) is 6.67. The van der Waals surface area contributed by atoms with Crippen molar-refractivity contribution in [3.05, 3.63) is 51.3 Å². The van der Waals surface area contributed by atoms with Gasteiger partial charge in [-0.2, -0.15) is 0 Å². The third kappa shape index (κ3) is 2.98. The van der Waals surface area contributed by atoms with Crippen LogP contribution in [-0.2, 0) is 6.54 Å². The molecule has 0 radical (unpaired) electrons. The minimum atomic E-state index is -0.369. The Balaban J connectivity index is 2.28. The monoisotopic (exact) mass is 324 g/mol. The largest absolute Gasteiger partial charge is 0.272 e. The van der Waals surface area contributed by atoms with Crippen LogP contribution in [0.1, 0.15) is 28.6 Å². The number of aromatic nitrogens is 3. The van der Waals surface area contributed by atoms with Crippen molar-refractivity contribution >= 4 is 21.6 Å². The number of halogens is 1. The number of benzene rings is 1. The molecule has 100 valence electrons. The number of alkyl halides is 1. The van der Waals surface area contributed by atoms with Crippen molar-refractivity contribution in [3.63, 3.8) is 0 Å². The maximum absolute atomic E-state index is 10.9. The van der Waals surface area contributed by atoms with Gasteiger partial charge in [0.15, 0.2) is 0 Å². The maximum atomic E-state index is 10.9. The van der Waals surface area contributed by atoms with Crippen LogP contribution in [-0.4, -0.2) is 19.9 Å². The van der Waals surface area contributed by atoms with Crippen LogP contribution in [0.2, 0.25) is 0 Å². The summed E-state index contributed by atoms with van der Waals surface area (Å²) in [6.45, 7) is 4.19. The lowest BCUT2D eigenvalue weighted by Crippen LogP contribution is -2.04. The lowest BCUT2D eigenvalue weighted by Gasteiger charge is -2.05. The van der Waals surface area contributed by atoms with E-state index in [4.69, 9.17) is 0 Å². The molecule has 0 amide bonds. The van der Waals surface area contributed by atoms with E-state index in [1.54, 1.807) is 17.7 Å². The first kappa shape index (κ1) is 13.7. The van der Waals surface area contributed by atoms with Crippen LogP contribution in [0, 0.1) is 17.0 Å². The number of nitro groups is 1. The van der Waals surface area contributed by atoms with Gasteiger partial charge < -0.3 is 0 Å². The van der Waals surface area contributed by atoms with E-state index in [1.807, 2.05) is 19.2 Å². The van der Waals surface area contributed by atoms with Gasteiger partial charge in [-0.3, -0.25) is 10.1 Å². The second kappa shape index (κ2) is 5.48. The van der Waals surface area contributed by atoms with Gasteiger partial charge in [-0.15, -0.1) is 5.10 Å². The normalized spacial score (nSPS) is 12.4. The Morgan fingerprint density at radius 3 is 2.84 bits per heavy atom. The zero-order valence-corrected chi connectivity index (χ0v) is 12.2. The summed E-state index contributed by atoms with van der Waals surface area (Å²) in [5.74, 6) is 0. The molecule has 0 aliphatic rings. The number of rotatable bonds is 4. The molecule has 0 saturated heterocycles. The molecule has 0 fully saturated rings. The molecule has 0 aliphatic heterocycles. The number of nitrogens with zero attached hydrogens (tertiary/aromatic N) is 4. The average molecular weight is 325 g/mol. The van der Waals surface area contributed by atoms with Gasteiger partial charge in [-0.05, 0) is 19.4 Å². The first-order chi connectivity index (χ1) is 8.99. The number of nitro benzene ring substituents is 1. The molecule has 0 aliphatic carbocycles. The summed E-state index contributed by atoms with van der Waals surface area (Å²) in [4.78, 5) is 10.6. The highest BCUT2D eigenvalue weighted by Gasteiger charge is 2.14. The molecule has 1 aromatic heterocycles. The Labute approximate surface area is 118 Å². The van der Waals surface area contributed by atoms with Crippen LogP contribution in [0.15, 0.2) is 24.4 Å². The molecule has 2 aromatic rings. The highest BCUT2D eigenvalue weighted by atomic mass is 79.9. The van der Waals surface area contributed by atoms with Crippen molar-refractivity contribution in [1.82, 2.24) is 15.0 Å². The molecule has 1 heterocycles. The van der Waals surface area contributed by atoms with Gasteiger partial charge >= 0.3 is 0 Å². The summed E-state index contributed by atoms with van der Waals surface area (Å²) in [6, 6.07) is 5.05. The van der Waals surface area contributed by atoms with E-state index < -0.39 is 0 Å². The summed E-state index contributed by atoms with van der Waals surface area (Å²) in [6.07, 6.45) is 1.83. The zero-order valence-electron chi connectivity index (χ0n) is 10.6. The molecular weight excluding hydrogens is 312 g/mol. The van der Waals surface area contributed by atoms with E-state index in [2.05, 4.69) is 26.2 Å². The molecule has 1 unspecified atom stereocenters. The van der Waals surface area contributed by atoms with E-state index in [9.17, 15) is 10.1 Å². The van der Waals surface area contributed by atoms with E-state index >= 15 is 0 Å². The lowest BCUT2D eigenvalue weighted by atomic mass is 10.1. The molecule has 7 heteroatoms. The molecule has 1 aromatic carbocycles. The van der Waals surface area contributed by atoms with Crippen molar-refractivity contribution < 1.29 is 4.92 Å². The standard InChI is InChI=1S/C12H13BrN4O2/c1-8-10(4-3-5-12(8)17(18)19)6-16-7-11(9(2)13)14-15-16/h3-5,7,9H,6H2,1-2H3. The van der Waals surface area contributed by atoms with Gasteiger partial charge in [0.1, 0.15) is 0 Å². The highest BCUT2D eigenvalue weighted by Crippen LogP contribution is 2.22. The van der Waals surface area contributed by atoms with Gasteiger partial charge in [0.2, 0.25) is 0 Å². The molecule has 0 N–H and O–H groups in total. The van der Waals surface area contributed by atoms with Gasteiger partial charge in [-0.25, -0.2) is 4.68 Å². The topological polar surface area (TPSA) is 73.8 Å². The van der Waals surface area contributed by atoms with Crippen LogP contribution < -0.4 is 0 Å². The van der Waals surface area contributed by atoms with Crippen molar-refractivity contribution in [3.8, 4) is 0 Å². The minimum Gasteiger partial charge on any atom is -0.258 e. The van der Waals surface area contributed by atoms with Crippen LogP contribution >= 0.6 is 15.9 Å². The van der Waals surface area contributed by atoms with Gasteiger partial charge in [0.05, 0.1) is 22.0 Å². The second-order valence-corrected chi connectivity index (χ2v) is 5.65. The lowest BCUT2D eigenvalue weighted by molar-refractivity contribution is -0.385. The van der Waals surface area contributed by atoms with Crippen LogP contribution in [0.25, 0.3) is 0 Å². The molecule has 0 spiro atoms. The Kier molecular flexibility index (Phi) is 3.94. The fourth-order valence-electron chi connectivity index (χ4n) is 1.79. The second-order valence-electron chi connectivity index (χ2n) is 4.28. The third-order valence-electron chi connectivity index (χ3n) is 2.91. The summed E-state index contributed by atoms with van der Waals surface area (Å²) >= 11 is 3.42. The summed E-state index contributed by atoms with van der Waals surface area (Å²) in [5, 5.41) is 18.9. The van der Waals surface area contributed by atoms with E-state index in [1.165, 1.54) is 6.07 Å². The first-order valence-electron chi connectivity index (χ1n) is 5.76. The fraction of sp³-hybridized carbons (Fsp3) is 0.333. The van der Waals surface area contributed by atoms with Crippen molar-refractivity contribution in [2.45, 2.75) is 25.2 Å². The summed E-state index contributed by atoms with van der Waals surface area (Å²) in [7, 11) is 0. The predicted molar refractivity (Wildman–Crippen MR) is 74.3 cm³/mol. The molecule has 0 saturated carbocycles. The molecule has 1 atom stereocenters. The van der Waals surface area contributed by atoms with Crippen molar-refractivity contribution in [1.29, 1.82) is 0 Å². The Bertz CT molecular complexity index is 610. The Hall–Kier alpha value is -1.76. The fourth-order valence-corrected chi connectivity index (χ4v) is 2.00. The van der Waals surface area contributed by atoms with Crippen molar-refractivity contribution in [2.24, 2.45) is 0 Å². The zero-order chi connectivity index (χ0) is 14.0. The van der Waals surface area contributed by atoms with Crippen LogP contribution in [0.3, 0.4) is 0 Å². The Morgan fingerprint density at radius 2 is 2.26 bits per heavy atom.